The standard InChI is InChI=1S/C21H22FN5O3S2/c1-11-14(16-5-25-19(23)18(26-16)17-6-24-12(2)31-17)3-13(4-15(11)22)32(29)27-20-7-21(8-20,9-28)30-10-20/h3-6,27-28H,7-10H2,1-2H3,(H2,23,25). The fourth-order valence-corrected chi connectivity index (χ4v) is 6.32. The number of nitrogen functional groups attached to an aromatic ring is 1. The van der Waals surface area contributed by atoms with Crippen LogP contribution in [0, 0.1) is 19.7 Å². The quantitative estimate of drug-likeness (QED) is 0.500. The van der Waals surface area contributed by atoms with Gasteiger partial charge in [0.25, 0.3) is 0 Å². The number of rotatable bonds is 6. The number of nitrogens with one attached hydrogen (secondary N) is 1. The molecule has 1 unspecified atom stereocenters. The molecule has 1 atom stereocenters. The highest BCUT2D eigenvalue weighted by Gasteiger charge is 2.62. The van der Waals surface area contributed by atoms with Gasteiger partial charge >= 0.3 is 0 Å². The fourth-order valence-electron chi connectivity index (χ4n) is 4.40. The highest BCUT2D eigenvalue weighted by atomic mass is 32.2. The largest absolute Gasteiger partial charge is 0.393 e. The van der Waals surface area contributed by atoms with Gasteiger partial charge in [-0.05, 0) is 31.5 Å². The lowest BCUT2D eigenvalue weighted by Gasteiger charge is -2.43. The van der Waals surface area contributed by atoms with Crippen molar-refractivity contribution in [2.24, 2.45) is 0 Å². The van der Waals surface area contributed by atoms with Gasteiger partial charge in [-0.1, -0.05) is 0 Å². The van der Waals surface area contributed by atoms with Crippen LogP contribution in [0.3, 0.4) is 0 Å². The van der Waals surface area contributed by atoms with Gasteiger partial charge in [0.05, 0.1) is 51.0 Å². The minimum atomic E-state index is -1.67. The SMILES string of the molecule is Cc1ncc(-c2nc(-c3cc(S(=O)NC45COC(CO)(C4)C5)cc(F)c3C)cnc2N)s1. The third-order valence-corrected chi connectivity index (χ3v) is 8.24. The second-order valence-corrected chi connectivity index (χ2v) is 10.9. The van der Waals surface area contributed by atoms with Crippen molar-refractivity contribution in [1.29, 1.82) is 0 Å². The van der Waals surface area contributed by atoms with Crippen molar-refractivity contribution in [3.8, 4) is 21.8 Å². The zero-order valence-electron chi connectivity index (χ0n) is 17.5. The molecule has 1 saturated carbocycles. The summed E-state index contributed by atoms with van der Waals surface area (Å²) in [6.45, 7) is 3.82. The molecule has 32 heavy (non-hydrogen) atoms. The van der Waals surface area contributed by atoms with Crippen LogP contribution in [-0.2, 0) is 15.7 Å². The van der Waals surface area contributed by atoms with E-state index < -0.39 is 27.9 Å². The summed E-state index contributed by atoms with van der Waals surface area (Å²) in [7, 11) is -1.67. The Labute approximate surface area is 190 Å². The molecule has 2 bridgehead atoms. The number of halogens is 1. The lowest BCUT2D eigenvalue weighted by Crippen LogP contribution is -2.59. The van der Waals surface area contributed by atoms with Gasteiger partial charge in [0.1, 0.15) is 22.5 Å². The number of ether oxygens (including phenoxy) is 1. The van der Waals surface area contributed by atoms with E-state index in [1.807, 2.05) is 6.92 Å². The van der Waals surface area contributed by atoms with Crippen LogP contribution in [0.25, 0.3) is 21.8 Å². The molecule has 2 aliphatic heterocycles. The second-order valence-electron chi connectivity index (χ2n) is 8.44. The highest BCUT2D eigenvalue weighted by molar-refractivity contribution is 7.83. The van der Waals surface area contributed by atoms with Crippen LogP contribution in [-0.4, -0.2) is 48.6 Å². The predicted octanol–water partition coefficient (Wildman–Crippen LogP) is 2.51. The Balaban J connectivity index is 1.48. The topological polar surface area (TPSA) is 123 Å². The van der Waals surface area contributed by atoms with Crippen molar-refractivity contribution in [2.75, 3.05) is 18.9 Å². The van der Waals surface area contributed by atoms with Crippen LogP contribution in [0.4, 0.5) is 10.2 Å². The van der Waals surface area contributed by atoms with E-state index in [0.29, 0.717) is 46.9 Å². The van der Waals surface area contributed by atoms with Gasteiger partial charge in [-0.25, -0.2) is 28.3 Å². The summed E-state index contributed by atoms with van der Waals surface area (Å²) in [6.07, 6.45) is 4.32. The molecule has 4 heterocycles. The van der Waals surface area contributed by atoms with E-state index in [2.05, 4.69) is 19.7 Å². The summed E-state index contributed by atoms with van der Waals surface area (Å²) in [5.74, 6) is -0.227. The van der Waals surface area contributed by atoms with Gasteiger partial charge in [-0.2, -0.15) is 0 Å². The van der Waals surface area contributed by atoms with Crippen molar-refractivity contribution in [2.45, 2.75) is 42.7 Å². The first-order chi connectivity index (χ1) is 15.2. The van der Waals surface area contributed by atoms with E-state index in [-0.39, 0.29) is 12.4 Å². The molecule has 0 amide bonds. The smallest absolute Gasteiger partial charge is 0.150 e. The Morgan fingerprint density at radius 3 is 2.75 bits per heavy atom. The first-order valence-corrected chi connectivity index (χ1v) is 12.0. The van der Waals surface area contributed by atoms with Gasteiger partial charge in [0.2, 0.25) is 0 Å². The van der Waals surface area contributed by atoms with E-state index in [9.17, 15) is 13.7 Å². The molecule has 168 valence electrons. The lowest BCUT2D eigenvalue weighted by molar-refractivity contribution is -0.0481. The van der Waals surface area contributed by atoms with E-state index in [1.165, 1.54) is 23.6 Å². The van der Waals surface area contributed by atoms with E-state index in [4.69, 9.17) is 10.5 Å². The summed E-state index contributed by atoms with van der Waals surface area (Å²) in [6, 6.07) is 2.93. The normalized spacial score (nSPS) is 25.0. The van der Waals surface area contributed by atoms with Crippen LogP contribution in [0.1, 0.15) is 23.4 Å². The third-order valence-electron chi connectivity index (χ3n) is 6.04. The van der Waals surface area contributed by atoms with Crippen molar-refractivity contribution in [3.05, 3.63) is 40.9 Å². The van der Waals surface area contributed by atoms with Crippen molar-refractivity contribution >= 4 is 28.1 Å². The molecule has 3 aromatic rings. The summed E-state index contributed by atoms with van der Waals surface area (Å²) < 4.78 is 36.6. The van der Waals surface area contributed by atoms with Crippen LogP contribution in [0.5, 0.6) is 0 Å². The van der Waals surface area contributed by atoms with Crippen LogP contribution in [0.2, 0.25) is 0 Å². The summed E-state index contributed by atoms with van der Waals surface area (Å²) in [5.41, 5.74) is 6.81. The first kappa shape index (κ1) is 21.5. The van der Waals surface area contributed by atoms with Gasteiger partial charge in [0, 0.05) is 24.6 Å². The maximum Gasteiger partial charge on any atom is 0.150 e. The van der Waals surface area contributed by atoms with Crippen LogP contribution < -0.4 is 10.5 Å². The molecular formula is C21H22FN5O3S2. The molecule has 0 radical (unpaired) electrons. The Hall–Kier alpha value is -2.31. The Kier molecular flexibility index (Phi) is 5.13. The maximum absolute atomic E-state index is 14.8. The molecule has 6 rings (SSSR count). The molecule has 2 aromatic heterocycles. The van der Waals surface area contributed by atoms with Crippen LogP contribution in [0.15, 0.2) is 29.4 Å². The number of hydrogen-bond donors (Lipinski definition) is 3. The van der Waals surface area contributed by atoms with E-state index in [1.54, 1.807) is 19.2 Å². The predicted molar refractivity (Wildman–Crippen MR) is 120 cm³/mol. The van der Waals surface area contributed by atoms with E-state index in [0.717, 1.165) is 9.88 Å². The van der Waals surface area contributed by atoms with Crippen molar-refractivity contribution < 1.29 is 18.4 Å². The Bertz CT molecular complexity index is 1240. The number of aliphatic hydroxyl groups is 1. The minimum Gasteiger partial charge on any atom is -0.393 e. The number of anilines is 1. The Morgan fingerprint density at radius 2 is 2.09 bits per heavy atom. The van der Waals surface area contributed by atoms with Crippen molar-refractivity contribution in [3.63, 3.8) is 0 Å². The summed E-state index contributed by atoms with van der Waals surface area (Å²) >= 11 is 1.44. The monoisotopic (exact) mass is 475 g/mol. The highest BCUT2D eigenvalue weighted by Crippen LogP contribution is 2.51. The first-order valence-electron chi connectivity index (χ1n) is 10.0. The molecule has 11 heteroatoms. The number of nitrogens with zero attached hydrogens (tertiary/aromatic N) is 3. The average molecular weight is 476 g/mol. The minimum absolute atomic E-state index is 0.0657. The third kappa shape index (κ3) is 3.54. The molecule has 8 nitrogen and oxygen atoms in total. The zero-order valence-corrected chi connectivity index (χ0v) is 19.1. The summed E-state index contributed by atoms with van der Waals surface area (Å²) in [4.78, 5) is 14.2. The number of hydrogen-bond acceptors (Lipinski definition) is 8. The molecule has 1 aliphatic carbocycles. The van der Waals surface area contributed by atoms with Crippen LogP contribution >= 0.6 is 11.3 Å². The average Bonchev–Trinajstić information content (AvgIpc) is 3.43. The number of thiazole rings is 1. The molecule has 0 spiro atoms. The summed E-state index contributed by atoms with van der Waals surface area (Å²) in [5, 5.41) is 10.3. The van der Waals surface area contributed by atoms with Gasteiger partial charge in [-0.3, -0.25) is 0 Å². The number of aliphatic hydroxyl groups excluding tert-OH is 1. The van der Waals surface area contributed by atoms with Gasteiger partial charge in [0.15, 0.2) is 5.82 Å². The molecule has 3 fully saturated rings. The molecule has 3 aliphatic rings. The number of fused-ring (bicyclic) bond motifs is 1. The molecule has 2 saturated heterocycles. The lowest BCUT2D eigenvalue weighted by atomic mass is 9.69. The van der Waals surface area contributed by atoms with Gasteiger partial charge in [-0.15, -0.1) is 11.3 Å². The fraction of sp³-hybridized carbons (Fsp3) is 0.381. The molecular weight excluding hydrogens is 453 g/mol. The zero-order chi connectivity index (χ0) is 22.7. The van der Waals surface area contributed by atoms with Crippen molar-refractivity contribution in [1.82, 2.24) is 19.7 Å². The maximum atomic E-state index is 14.8. The number of nitrogens with two attached hydrogens (primary N) is 1. The number of aromatic nitrogens is 3. The Morgan fingerprint density at radius 1 is 1.31 bits per heavy atom. The molecule has 4 N–H and O–H groups in total. The number of aryl methyl sites for hydroxylation is 1. The number of benzene rings is 1. The van der Waals surface area contributed by atoms with E-state index >= 15 is 0 Å². The molecule has 1 aromatic carbocycles. The second kappa shape index (κ2) is 7.63. The van der Waals surface area contributed by atoms with Gasteiger partial charge < -0.3 is 15.6 Å².